The van der Waals surface area contributed by atoms with Crippen LogP contribution in [0.25, 0.3) is 0 Å². The Morgan fingerprint density at radius 2 is 1.96 bits per heavy atom. The standard InChI is InChI=1S/C21H33N3O/c1-15(19-12-16-9-10-18(19)11-16)23-21(25)14-22-13-20(24(2)3)17-7-5-4-6-8-17/h4-8,15-16,18-20,22H,9-14H2,1-3H3,(H,23,25). The van der Waals surface area contributed by atoms with Gasteiger partial charge in [0.1, 0.15) is 0 Å². The van der Waals surface area contributed by atoms with Gasteiger partial charge in [0, 0.05) is 18.6 Å². The Morgan fingerprint density at radius 3 is 2.56 bits per heavy atom. The van der Waals surface area contributed by atoms with Crippen LogP contribution in [0.2, 0.25) is 0 Å². The van der Waals surface area contributed by atoms with Gasteiger partial charge in [0.2, 0.25) is 5.91 Å². The first-order valence-electron chi connectivity index (χ1n) is 9.76. The van der Waals surface area contributed by atoms with Crippen LogP contribution >= 0.6 is 0 Å². The molecule has 25 heavy (non-hydrogen) atoms. The van der Waals surface area contributed by atoms with E-state index in [1.165, 1.54) is 31.2 Å². The average molecular weight is 344 g/mol. The van der Waals surface area contributed by atoms with E-state index in [1.807, 2.05) is 6.07 Å². The van der Waals surface area contributed by atoms with Crippen LogP contribution in [0, 0.1) is 17.8 Å². The summed E-state index contributed by atoms with van der Waals surface area (Å²) in [5.41, 5.74) is 1.27. The molecule has 2 bridgehead atoms. The van der Waals surface area contributed by atoms with Crippen molar-refractivity contribution in [1.82, 2.24) is 15.5 Å². The van der Waals surface area contributed by atoms with Crippen molar-refractivity contribution in [3.8, 4) is 0 Å². The Kier molecular flexibility index (Phi) is 6.13. The first kappa shape index (κ1) is 18.4. The summed E-state index contributed by atoms with van der Waals surface area (Å²) in [5, 5.41) is 6.58. The predicted octanol–water partition coefficient (Wildman–Crippen LogP) is 2.82. The summed E-state index contributed by atoms with van der Waals surface area (Å²) in [7, 11) is 4.16. The topological polar surface area (TPSA) is 44.4 Å². The van der Waals surface area contributed by atoms with Crippen LogP contribution in [0.4, 0.5) is 0 Å². The van der Waals surface area contributed by atoms with Crippen molar-refractivity contribution in [2.75, 3.05) is 27.2 Å². The van der Waals surface area contributed by atoms with Crippen molar-refractivity contribution in [3.05, 3.63) is 35.9 Å². The Bertz CT molecular complexity index is 560. The van der Waals surface area contributed by atoms with E-state index in [0.717, 1.165) is 18.4 Å². The molecule has 5 atom stereocenters. The van der Waals surface area contributed by atoms with Crippen LogP contribution in [0.1, 0.15) is 44.2 Å². The van der Waals surface area contributed by atoms with Gasteiger partial charge in [0.25, 0.3) is 0 Å². The highest BCUT2D eigenvalue weighted by Crippen LogP contribution is 2.49. The highest BCUT2D eigenvalue weighted by Gasteiger charge is 2.42. The van der Waals surface area contributed by atoms with Gasteiger partial charge in [-0.15, -0.1) is 0 Å². The number of carbonyl (C=O) groups excluding carboxylic acids is 1. The minimum Gasteiger partial charge on any atom is -0.352 e. The number of carbonyl (C=O) groups is 1. The molecule has 138 valence electrons. The average Bonchev–Trinajstić information content (AvgIpc) is 3.22. The Labute approximate surface area is 152 Å². The summed E-state index contributed by atoms with van der Waals surface area (Å²) < 4.78 is 0. The van der Waals surface area contributed by atoms with Crippen molar-refractivity contribution in [3.63, 3.8) is 0 Å². The molecular formula is C21H33N3O. The maximum atomic E-state index is 12.3. The molecule has 0 radical (unpaired) electrons. The van der Waals surface area contributed by atoms with Gasteiger partial charge in [-0.2, -0.15) is 0 Å². The van der Waals surface area contributed by atoms with E-state index < -0.39 is 0 Å². The fourth-order valence-corrected chi connectivity index (χ4v) is 4.91. The first-order valence-corrected chi connectivity index (χ1v) is 9.76. The molecule has 0 aliphatic heterocycles. The number of nitrogens with one attached hydrogen (secondary N) is 2. The molecule has 5 unspecified atom stereocenters. The lowest BCUT2D eigenvalue weighted by molar-refractivity contribution is -0.121. The van der Waals surface area contributed by atoms with Crippen LogP contribution in [0.5, 0.6) is 0 Å². The van der Waals surface area contributed by atoms with Crippen molar-refractivity contribution >= 4 is 5.91 Å². The number of rotatable bonds is 8. The van der Waals surface area contributed by atoms with Gasteiger partial charge in [-0.05, 0) is 63.6 Å². The second-order valence-corrected chi connectivity index (χ2v) is 8.22. The first-order chi connectivity index (χ1) is 12.0. The normalized spacial score (nSPS) is 27.4. The quantitative estimate of drug-likeness (QED) is 0.763. The zero-order valence-corrected chi connectivity index (χ0v) is 15.9. The number of benzene rings is 1. The molecule has 1 aromatic carbocycles. The minimum absolute atomic E-state index is 0.126. The molecule has 2 aliphatic rings. The molecule has 0 saturated heterocycles. The van der Waals surface area contributed by atoms with E-state index in [0.29, 0.717) is 18.5 Å². The largest absolute Gasteiger partial charge is 0.352 e. The lowest BCUT2D eigenvalue weighted by Crippen LogP contribution is -2.44. The molecule has 0 heterocycles. The second-order valence-electron chi connectivity index (χ2n) is 8.22. The predicted molar refractivity (Wildman–Crippen MR) is 102 cm³/mol. The van der Waals surface area contributed by atoms with Gasteiger partial charge in [0.15, 0.2) is 0 Å². The van der Waals surface area contributed by atoms with E-state index in [2.05, 4.69) is 60.8 Å². The Balaban J connectivity index is 1.42. The summed E-state index contributed by atoms with van der Waals surface area (Å²) in [4.78, 5) is 14.5. The van der Waals surface area contributed by atoms with Crippen molar-refractivity contribution in [2.45, 2.75) is 44.7 Å². The summed E-state index contributed by atoms with van der Waals surface area (Å²) in [6, 6.07) is 11.0. The van der Waals surface area contributed by atoms with Crippen molar-refractivity contribution in [2.24, 2.45) is 17.8 Å². The highest BCUT2D eigenvalue weighted by molar-refractivity contribution is 5.78. The zero-order chi connectivity index (χ0) is 17.8. The summed E-state index contributed by atoms with van der Waals surface area (Å²) in [6.45, 7) is 3.35. The van der Waals surface area contributed by atoms with Crippen LogP contribution in [-0.2, 0) is 4.79 Å². The molecule has 3 rings (SSSR count). The third-order valence-electron chi connectivity index (χ3n) is 6.25. The summed E-state index contributed by atoms with van der Waals surface area (Å²) in [5.74, 6) is 2.60. The van der Waals surface area contributed by atoms with Crippen LogP contribution in [0.15, 0.2) is 30.3 Å². The maximum absolute atomic E-state index is 12.3. The molecule has 4 nitrogen and oxygen atoms in total. The molecule has 1 amide bonds. The van der Waals surface area contributed by atoms with Gasteiger partial charge in [-0.25, -0.2) is 0 Å². The summed E-state index contributed by atoms with van der Waals surface area (Å²) in [6.07, 6.45) is 5.49. The monoisotopic (exact) mass is 343 g/mol. The number of fused-ring (bicyclic) bond motifs is 2. The number of likely N-dealkylation sites (N-methyl/N-ethyl adjacent to an activating group) is 1. The van der Waals surface area contributed by atoms with Crippen LogP contribution in [-0.4, -0.2) is 44.0 Å². The van der Waals surface area contributed by atoms with E-state index in [-0.39, 0.29) is 11.9 Å². The molecular weight excluding hydrogens is 310 g/mol. The fraction of sp³-hybridized carbons (Fsp3) is 0.667. The van der Waals surface area contributed by atoms with Gasteiger partial charge in [0.05, 0.1) is 6.54 Å². The van der Waals surface area contributed by atoms with E-state index in [9.17, 15) is 4.79 Å². The highest BCUT2D eigenvalue weighted by atomic mass is 16.1. The molecule has 0 spiro atoms. The smallest absolute Gasteiger partial charge is 0.234 e. The SMILES string of the molecule is CC(NC(=O)CNCC(c1ccccc1)N(C)C)C1CC2CCC1C2. The fourth-order valence-electron chi connectivity index (χ4n) is 4.91. The van der Waals surface area contributed by atoms with Gasteiger partial charge < -0.3 is 15.5 Å². The third kappa shape index (κ3) is 4.62. The van der Waals surface area contributed by atoms with E-state index in [4.69, 9.17) is 0 Å². The molecule has 4 heteroatoms. The van der Waals surface area contributed by atoms with Crippen LogP contribution < -0.4 is 10.6 Å². The van der Waals surface area contributed by atoms with E-state index in [1.54, 1.807) is 0 Å². The molecule has 2 aliphatic carbocycles. The molecule has 2 saturated carbocycles. The van der Waals surface area contributed by atoms with Crippen molar-refractivity contribution in [1.29, 1.82) is 0 Å². The van der Waals surface area contributed by atoms with E-state index >= 15 is 0 Å². The lowest BCUT2D eigenvalue weighted by atomic mass is 9.84. The maximum Gasteiger partial charge on any atom is 0.234 e. The Hall–Kier alpha value is -1.39. The van der Waals surface area contributed by atoms with Gasteiger partial charge in [-0.1, -0.05) is 36.8 Å². The van der Waals surface area contributed by atoms with Gasteiger partial charge in [-0.3, -0.25) is 4.79 Å². The number of hydrogen-bond acceptors (Lipinski definition) is 3. The molecule has 2 N–H and O–H groups in total. The van der Waals surface area contributed by atoms with Crippen molar-refractivity contribution < 1.29 is 4.79 Å². The molecule has 0 aromatic heterocycles. The Morgan fingerprint density at radius 1 is 1.20 bits per heavy atom. The summed E-state index contributed by atoms with van der Waals surface area (Å²) >= 11 is 0. The van der Waals surface area contributed by atoms with Crippen LogP contribution in [0.3, 0.4) is 0 Å². The van der Waals surface area contributed by atoms with Gasteiger partial charge >= 0.3 is 0 Å². The number of amides is 1. The number of nitrogens with zero attached hydrogens (tertiary/aromatic N) is 1. The zero-order valence-electron chi connectivity index (χ0n) is 15.9. The lowest BCUT2D eigenvalue weighted by Gasteiger charge is -2.29. The minimum atomic E-state index is 0.126. The molecule has 1 aromatic rings. The molecule has 2 fully saturated rings. The third-order valence-corrected chi connectivity index (χ3v) is 6.25. The second kappa shape index (κ2) is 8.33. The number of hydrogen-bond donors (Lipinski definition) is 2.